The Morgan fingerprint density at radius 2 is 2.00 bits per heavy atom. The smallest absolute Gasteiger partial charge is 0.249 e. The third-order valence-corrected chi connectivity index (χ3v) is 4.36. The first kappa shape index (κ1) is 14.3. The van der Waals surface area contributed by atoms with E-state index in [0.717, 1.165) is 12.8 Å². The van der Waals surface area contributed by atoms with E-state index in [1.165, 1.54) is 0 Å². The van der Waals surface area contributed by atoms with E-state index in [0.29, 0.717) is 6.61 Å². The number of amides is 2. The standard InChI is InChI=1S/C14H24N2O3/c1-9-11(17)15-14(4,10-6-7-10)12(18)16(9)13(2,3)8-19-5/h9-10H,6-8H2,1-5H3,(H,15,17). The lowest BCUT2D eigenvalue weighted by Crippen LogP contribution is -2.73. The van der Waals surface area contributed by atoms with Crippen LogP contribution in [0, 0.1) is 5.92 Å². The predicted octanol–water partition coefficient (Wildman–Crippen LogP) is 0.927. The van der Waals surface area contributed by atoms with Crippen molar-refractivity contribution in [3.05, 3.63) is 0 Å². The van der Waals surface area contributed by atoms with Crippen LogP contribution in [-0.4, -0.2) is 47.6 Å². The first-order valence-electron chi connectivity index (χ1n) is 6.89. The zero-order valence-corrected chi connectivity index (χ0v) is 12.4. The molecule has 5 nitrogen and oxygen atoms in total. The fourth-order valence-corrected chi connectivity index (χ4v) is 3.12. The van der Waals surface area contributed by atoms with Crippen LogP contribution in [0.15, 0.2) is 0 Å². The van der Waals surface area contributed by atoms with Crippen LogP contribution in [0.4, 0.5) is 0 Å². The summed E-state index contributed by atoms with van der Waals surface area (Å²) in [6.07, 6.45) is 2.02. The minimum absolute atomic E-state index is 0.0177. The summed E-state index contributed by atoms with van der Waals surface area (Å²) in [6.45, 7) is 7.93. The molecular weight excluding hydrogens is 244 g/mol. The van der Waals surface area contributed by atoms with Crippen molar-refractivity contribution >= 4 is 11.8 Å². The number of methoxy groups -OCH3 is 1. The molecule has 2 aliphatic rings. The Morgan fingerprint density at radius 1 is 1.42 bits per heavy atom. The molecular formula is C14H24N2O3. The molecule has 1 N–H and O–H groups in total. The number of hydrogen-bond donors (Lipinski definition) is 1. The maximum atomic E-state index is 12.9. The molecule has 0 bridgehead atoms. The summed E-state index contributed by atoms with van der Waals surface area (Å²) in [6, 6.07) is -0.454. The Labute approximate surface area is 114 Å². The molecule has 1 aliphatic carbocycles. The predicted molar refractivity (Wildman–Crippen MR) is 71.5 cm³/mol. The van der Waals surface area contributed by atoms with Gasteiger partial charge in [0.2, 0.25) is 11.8 Å². The molecule has 2 atom stereocenters. The molecule has 19 heavy (non-hydrogen) atoms. The highest BCUT2D eigenvalue weighted by molar-refractivity contribution is 6.00. The van der Waals surface area contributed by atoms with Gasteiger partial charge in [-0.2, -0.15) is 0 Å². The minimum atomic E-state index is -0.741. The lowest BCUT2D eigenvalue weighted by Gasteiger charge is -2.50. The topological polar surface area (TPSA) is 58.6 Å². The van der Waals surface area contributed by atoms with Gasteiger partial charge in [-0.1, -0.05) is 0 Å². The van der Waals surface area contributed by atoms with Crippen LogP contribution >= 0.6 is 0 Å². The van der Waals surface area contributed by atoms with Gasteiger partial charge in [-0.15, -0.1) is 0 Å². The Bertz CT molecular complexity index is 403. The van der Waals surface area contributed by atoms with Gasteiger partial charge >= 0.3 is 0 Å². The van der Waals surface area contributed by atoms with E-state index in [2.05, 4.69) is 5.32 Å². The van der Waals surface area contributed by atoms with E-state index in [1.54, 1.807) is 18.9 Å². The van der Waals surface area contributed by atoms with Gasteiger partial charge in [-0.3, -0.25) is 9.59 Å². The van der Waals surface area contributed by atoms with Crippen LogP contribution < -0.4 is 5.32 Å². The minimum Gasteiger partial charge on any atom is -0.382 e. The summed E-state index contributed by atoms with van der Waals surface area (Å²) in [4.78, 5) is 26.8. The Hall–Kier alpha value is -1.10. The fourth-order valence-electron chi connectivity index (χ4n) is 3.12. The monoisotopic (exact) mass is 268 g/mol. The highest BCUT2D eigenvalue weighted by Gasteiger charge is 2.56. The zero-order valence-electron chi connectivity index (χ0n) is 12.4. The molecule has 5 heteroatoms. The first-order chi connectivity index (χ1) is 8.74. The maximum absolute atomic E-state index is 12.9. The summed E-state index contributed by atoms with van der Waals surface area (Å²) in [5.74, 6) is 0.222. The van der Waals surface area contributed by atoms with Crippen LogP contribution in [0.5, 0.6) is 0 Å². The molecule has 0 aromatic heterocycles. The Kier molecular flexibility index (Phi) is 3.37. The number of carbonyl (C=O) groups excluding carboxylic acids is 2. The largest absolute Gasteiger partial charge is 0.382 e. The molecule has 1 heterocycles. The summed E-state index contributed by atoms with van der Waals surface area (Å²) in [5, 5.41) is 2.93. The molecule has 2 fully saturated rings. The van der Waals surface area contributed by atoms with Gasteiger partial charge in [0.05, 0.1) is 12.1 Å². The summed E-state index contributed by atoms with van der Waals surface area (Å²) in [7, 11) is 1.61. The molecule has 108 valence electrons. The molecule has 2 unspecified atom stereocenters. The summed E-state index contributed by atoms with van der Waals surface area (Å²) in [5.41, 5.74) is -1.23. The number of ether oxygens (including phenoxy) is 1. The molecule has 0 aromatic rings. The van der Waals surface area contributed by atoms with Gasteiger partial charge < -0.3 is 15.0 Å². The molecule has 1 saturated carbocycles. The Morgan fingerprint density at radius 3 is 2.47 bits per heavy atom. The second kappa shape index (κ2) is 4.47. The van der Waals surface area contributed by atoms with Crippen molar-refractivity contribution in [2.24, 2.45) is 5.92 Å². The highest BCUT2D eigenvalue weighted by Crippen LogP contribution is 2.43. The van der Waals surface area contributed by atoms with Crippen molar-refractivity contribution in [3.8, 4) is 0 Å². The fraction of sp³-hybridized carbons (Fsp3) is 0.857. The van der Waals surface area contributed by atoms with Gasteiger partial charge in [-0.25, -0.2) is 0 Å². The molecule has 2 rings (SSSR count). The first-order valence-corrected chi connectivity index (χ1v) is 6.89. The van der Waals surface area contributed by atoms with Gasteiger partial charge in [-0.05, 0) is 46.5 Å². The van der Waals surface area contributed by atoms with Crippen molar-refractivity contribution in [1.82, 2.24) is 10.2 Å². The van der Waals surface area contributed by atoms with Crippen LogP contribution in [0.25, 0.3) is 0 Å². The third-order valence-electron chi connectivity index (χ3n) is 4.36. The molecule has 0 spiro atoms. The summed E-state index contributed by atoms with van der Waals surface area (Å²) < 4.78 is 5.21. The SMILES string of the molecule is COCC(C)(C)N1C(=O)C(C)(C2CC2)NC(=O)C1C. The van der Waals surface area contributed by atoms with E-state index in [1.807, 2.05) is 20.8 Å². The highest BCUT2D eigenvalue weighted by atomic mass is 16.5. The molecule has 1 aliphatic heterocycles. The van der Waals surface area contributed by atoms with Crippen LogP contribution in [0.3, 0.4) is 0 Å². The zero-order chi connectivity index (χ0) is 14.4. The van der Waals surface area contributed by atoms with Crippen molar-refractivity contribution in [1.29, 1.82) is 0 Å². The van der Waals surface area contributed by atoms with Crippen molar-refractivity contribution in [3.63, 3.8) is 0 Å². The molecule has 0 radical (unpaired) electrons. The van der Waals surface area contributed by atoms with Gasteiger partial charge in [0.25, 0.3) is 0 Å². The van der Waals surface area contributed by atoms with Crippen molar-refractivity contribution < 1.29 is 14.3 Å². The number of piperazine rings is 1. The second-order valence-electron chi connectivity index (χ2n) is 6.56. The maximum Gasteiger partial charge on any atom is 0.249 e. The van der Waals surface area contributed by atoms with Crippen LogP contribution in [0.2, 0.25) is 0 Å². The van der Waals surface area contributed by atoms with E-state index in [9.17, 15) is 9.59 Å². The van der Waals surface area contributed by atoms with Crippen LogP contribution in [-0.2, 0) is 14.3 Å². The third kappa shape index (κ3) is 2.24. The van der Waals surface area contributed by atoms with Crippen LogP contribution in [0.1, 0.15) is 40.5 Å². The quantitative estimate of drug-likeness (QED) is 0.825. The Balaban J connectivity index is 2.34. The van der Waals surface area contributed by atoms with Gasteiger partial charge in [0.15, 0.2) is 0 Å². The van der Waals surface area contributed by atoms with Gasteiger partial charge in [0.1, 0.15) is 11.6 Å². The number of nitrogens with one attached hydrogen (secondary N) is 1. The van der Waals surface area contributed by atoms with Gasteiger partial charge in [0, 0.05) is 7.11 Å². The van der Waals surface area contributed by atoms with E-state index < -0.39 is 17.1 Å². The molecule has 1 saturated heterocycles. The van der Waals surface area contributed by atoms with E-state index in [-0.39, 0.29) is 17.7 Å². The number of carbonyl (C=O) groups is 2. The molecule has 2 amide bonds. The number of hydrogen-bond acceptors (Lipinski definition) is 3. The lowest BCUT2D eigenvalue weighted by molar-refractivity contribution is -0.163. The van der Waals surface area contributed by atoms with Crippen molar-refractivity contribution in [2.75, 3.05) is 13.7 Å². The van der Waals surface area contributed by atoms with E-state index in [4.69, 9.17) is 4.74 Å². The van der Waals surface area contributed by atoms with Crippen molar-refractivity contribution in [2.45, 2.75) is 57.7 Å². The number of rotatable bonds is 4. The average Bonchev–Trinajstić information content (AvgIpc) is 3.10. The molecule has 0 aromatic carbocycles. The second-order valence-corrected chi connectivity index (χ2v) is 6.56. The number of nitrogens with zero attached hydrogens (tertiary/aromatic N) is 1. The normalized spacial score (nSPS) is 32.5. The average molecular weight is 268 g/mol. The van der Waals surface area contributed by atoms with E-state index >= 15 is 0 Å². The summed E-state index contributed by atoms with van der Waals surface area (Å²) >= 11 is 0. The lowest BCUT2D eigenvalue weighted by atomic mass is 9.86.